The van der Waals surface area contributed by atoms with Crippen LogP contribution in [0.4, 0.5) is 11.4 Å². The maximum Gasteiger partial charge on any atom is 0.228 e. The smallest absolute Gasteiger partial charge is 0.228 e. The van der Waals surface area contributed by atoms with Gasteiger partial charge in [0.25, 0.3) is 0 Å². The molecule has 108 valence electrons. The van der Waals surface area contributed by atoms with Crippen molar-refractivity contribution >= 4 is 23.2 Å². The molecule has 1 aromatic rings. The normalized spacial score (nSPS) is 18.4. The summed E-state index contributed by atoms with van der Waals surface area (Å²) in [5.41, 5.74) is 1.50. The van der Waals surface area contributed by atoms with E-state index >= 15 is 0 Å². The van der Waals surface area contributed by atoms with Crippen molar-refractivity contribution in [1.82, 2.24) is 5.32 Å². The summed E-state index contributed by atoms with van der Waals surface area (Å²) in [6.45, 7) is 3.55. The summed E-state index contributed by atoms with van der Waals surface area (Å²) >= 11 is 0. The van der Waals surface area contributed by atoms with Crippen LogP contribution < -0.4 is 16.0 Å². The molecule has 1 saturated heterocycles. The predicted molar refractivity (Wildman–Crippen MR) is 79.6 cm³/mol. The van der Waals surface area contributed by atoms with E-state index < -0.39 is 0 Å². The summed E-state index contributed by atoms with van der Waals surface area (Å²) in [6.07, 6.45) is 2.43. The number of hydrogen-bond donors (Lipinski definition) is 3. The molecule has 0 spiro atoms. The van der Waals surface area contributed by atoms with Crippen LogP contribution in [0.3, 0.4) is 0 Å². The van der Waals surface area contributed by atoms with E-state index in [-0.39, 0.29) is 17.7 Å². The highest BCUT2D eigenvalue weighted by atomic mass is 16.2. The fourth-order valence-electron chi connectivity index (χ4n) is 2.21. The van der Waals surface area contributed by atoms with Crippen molar-refractivity contribution in [3.05, 3.63) is 24.3 Å². The lowest BCUT2D eigenvalue weighted by Crippen LogP contribution is -2.37. The molecular weight excluding hydrogens is 254 g/mol. The summed E-state index contributed by atoms with van der Waals surface area (Å²) in [6, 6.07) is 7.20. The molecule has 3 N–H and O–H groups in total. The first-order chi connectivity index (χ1) is 9.69. The fraction of sp³-hybridized carbons (Fsp3) is 0.467. The number of nitrogens with one attached hydrogen (secondary N) is 3. The number of anilines is 2. The minimum Gasteiger partial charge on any atom is -0.326 e. The Morgan fingerprint density at radius 2 is 1.85 bits per heavy atom. The van der Waals surface area contributed by atoms with Crippen molar-refractivity contribution in [2.75, 3.05) is 23.7 Å². The van der Waals surface area contributed by atoms with Crippen LogP contribution in [0.5, 0.6) is 0 Å². The van der Waals surface area contributed by atoms with E-state index in [2.05, 4.69) is 16.0 Å². The molecule has 1 heterocycles. The van der Waals surface area contributed by atoms with Crippen LogP contribution in [-0.4, -0.2) is 24.9 Å². The molecule has 5 nitrogen and oxygen atoms in total. The van der Waals surface area contributed by atoms with E-state index in [4.69, 9.17) is 0 Å². The number of carbonyl (C=O) groups is 2. The highest BCUT2D eigenvalue weighted by Crippen LogP contribution is 2.17. The van der Waals surface area contributed by atoms with Gasteiger partial charge in [-0.25, -0.2) is 0 Å². The quantitative estimate of drug-likeness (QED) is 0.787. The van der Waals surface area contributed by atoms with Gasteiger partial charge in [0.1, 0.15) is 0 Å². The molecular formula is C15H21N3O2. The van der Waals surface area contributed by atoms with Crippen LogP contribution in [0.25, 0.3) is 0 Å². The number of amides is 2. The average Bonchev–Trinajstić information content (AvgIpc) is 2.50. The topological polar surface area (TPSA) is 70.2 Å². The Hall–Kier alpha value is -1.88. The Morgan fingerprint density at radius 3 is 2.40 bits per heavy atom. The highest BCUT2D eigenvalue weighted by molar-refractivity contribution is 5.94. The summed E-state index contributed by atoms with van der Waals surface area (Å²) in [5, 5.41) is 8.92. The van der Waals surface area contributed by atoms with Gasteiger partial charge in [-0.05, 0) is 43.7 Å². The first-order valence-corrected chi connectivity index (χ1v) is 7.10. The van der Waals surface area contributed by atoms with Crippen molar-refractivity contribution in [3.63, 3.8) is 0 Å². The predicted octanol–water partition coefficient (Wildman–Crippen LogP) is 1.97. The molecule has 0 saturated carbocycles. The van der Waals surface area contributed by atoms with Gasteiger partial charge in [-0.3, -0.25) is 9.59 Å². The third-order valence-corrected chi connectivity index (χ3v) is 3.42. The summed E-state index contributed by atoms with van der Waals surface area (Å²) in [7, 11) is 0. The van der Waals surface area contributed by atoms with Gasteiger partial charge in [0.15, 0.2) is 0 Å². The Labute approximate surface area is 119 Å². The maximum absolute atomic E-state index is 12.1. The second-order valence-corrected chi connectivity index (χ2v) is 5.01. The first-order valence-electron chi connectivity index (χ1n) is 7.10. The van der Waals surface area contributed by atoms with Gasteiger partial charge in [-0.15, -0.1) is 0 Å². The van der Waals surface area contributed by atoms with Gasteiger partial charge in [0, 0.05) is 24.3 Å². The van der Waals surface area contributed by atoms with Gasteiger partial charge in [-0.2, -0.15) is 0 Å². The van der Waals surface area contributed by atoms with Gasteiger partial charge in [0.2, 0.25) is 11.8 Å². The summed E-state index contributed by atoms with van der Waals surface area (Å²) < 4.78 is 0. The SMILES string of the molecule is CCC(=O)Nc1ccc(NC(=O)[C@@H]2CCCNC2)cc1. The van der Waals surface area contributed by atoms with E-state index in [1.165, 1.54) is 0 Å². The minimum absolute atomic E-state index is 0.0185. The van der Waals surface area contributed by atoms with Crippen molar-refractivity contribution in [1.29, 1.82) is 0 Å². The van der Waals surface area contributed by atoms with E-state index in [1.54, 1.807) is 24.3 Å². The van der Waals surface area contributed by atoms with Crippen LogP contribution in [0.2, 0.25) is 0 Å². The lowest BCUT2D eigenvalue weighted by molar-refractivity contribution is -0.120. The Bertz CT molecular complexity index is 465. The lowest BCUT2D eigenvalue weighted by Gasteiger charge is -2.21. The Balaban J connectivity index is 1.89. The second-order valence-electron chi connectivity index (χ2n) is 5.01. The molecule has 0 bridgehead atoms. The van der Waals surface area contributed by atoms with Crippen LogP contribution >= 0.6 is 0 Å². The first kappa shape index (κ1) is 14.5. The van der Waals surface area contributed by atoms with Crippen LogP contribution in [0.1, 0.15) is 26.2 Å². The van der Waals surface area contributed by atoms with Gasteiger partial charge >= 0.3 is 0 Å². The van der Waals surface area contributed by atoms with Gasteiger partial charge in [0.05, 0.1) is 5.92 Å². The summed E-state index contributed by atoms with van der Waals surface area (Å²) in [5.74, 6) is 0.0841. The second kappa shape index (κ2) is 7.05. The largest absolute Gasteiger partial charge is 0.326 e. The third kappa shape index (κ3) is 4.06. The molecule has 2 amide bonds. The van der Waals surface area contributed by atoms with Crippen LogP contribution in [-0.2, 0) is 9.59 Å². The molecule has 1 aliphatic heterocycles. The molecule has 5 heteroatoms. The van der Waals surface area contributed by atoms with Crippen LogP contribution in [0, 0.1) is 5.92 Å². The molecule has 0 unspecified atom stereocenters. The third-order valence-electron chi connectivity index (χ3n) is 3.42. The fourth-order valence-corrected chi connectivity index (χ4v) is 2.21. The molecule has 1 atom stereocenters. The zero-order chi connectivity index (χ0) is 14.4. The average molecular weight is 275 g/mol. The molecule has 0 aromatic heterocycles. The van der Waals surface area contributed by atoms with Crippen molar-refractivity contribution in [2.45, 2.75) is 26.2 Å². The maximum atomic E-state index is 12.1. The van der Waals surface area contributed by atoms with E-state index in [0.29, 0.717) is 6.42 Å². The zero-order valence-electron chi connectivity index (χ0n) is 11.7. The van der Waals surface area contributed by atoms with Crippen LogP contribution in [0.15, 0.2) is 24.3 Å². The summed E-state index contributed by atoms with van der Waals surface area (Å²) in [4.78, 5) is 23.3. The molecule has 0 radical (unpaired) electrons. The monoisotopic (exact) mass is 275 g/mol. The van der Waals surface area contributed by atoms with E-state index in [1.807, 2.05) is 6.92 Å². The van der Waals surface area contributed by atoms with E-state index in [9.17, 15) is 9.59 Å². The van der Waals surface area contributed by atoms with Gasteiger partial charge < -0.3 is 16.0 Å². The number of hydrogen-bond acceptors (Lipinski definition) is 3. The van der Waals surface area contributed by atoms with Crippen molar-refractivity contribution < 1.29 is 9.59 Å². The van der Waals surface area contributed by atoms with Crippen molar-refractivity contribution in [2.24, 2.45) is 5.92 Å². The molecule has 1 fully saturated rings. The molecule has 1 aliphatic rings. The number of piperidine rings is 1. The number of rotatable bonds is 4. The number of benzene rings is 1. The molecule has 1 aromatic carbocycles. The molecule has 20 heavy (non-hydrogen) atoms. The zero-order valence-corrected chi connectivity index (χ0v) is 11.7. The lowest BCUT2D eigenvalue weighted by atomic mass is 9.99. The Morgan fingerprint density at radius 1 is 1.20 bits per heavy atom. The Kier molecular flexibility index (Phi) is 5.12. The molecule has 2 rings (SSSR count). The van der Waals surface area contributed by atoms with E-state index in [0.717, 1.165) is 37.3 Å². The highest BCUT2D eigenvalue weighted by Gasteiger charge is 2.20. The number of carbonyl (C=O) groups excluding carboxylic acids is 2. The van der Waals surface area contributed by atoms with Gasteiger partial charge in [-0.1, -0.05) is 6.92 Å². The molecule has 0 aliphatic carbocycles. The van der Waals surface area contributed by atoms with Crippen molar-refractivity contribution in [3.8, 4) is 0 Å². The minimum atomic E-state index is -0.0185. The standard InChI is InChI=1S/C15H21N3O2/c1-2-14(19)17-12-5-7-13(8-6-12)18-15(20)11-4-3-9-16-10-11/h5-8,11,16H,2-4,9-10H2,1H3,(H,17,19)(H,18,20)/t11-/m1/s1.